The van der Waals surface area contributed by atoms with Gasteiger partial charge in [0.15, 0.2) is 5.65 Å². The van der Waals surface area contributed by atoms with Gasteiger partial charge in [-0.3, -0.25) is 4.79 Å². The number of carbonyl (C=O) groups is 1. The highest BCUT2D eigenvalue weighted by molar-refractivity contribution is 6.02. The molecule has 1 saturated heterocycles. The van der Waals surface area contributed by atoms with Crippen molar-refractivity contribution in [1.82, 2.24) is 19.9 Å². The topological polar surface area (TPSA) is 115 Å². The van der Waals surface area contributed by atoms with Crippen LogP contribution in [-0.4, -0.2) is 57.6 Å². The molecule has 8 heteroatoms. The Morgan fingerprint density at radius 2 is 1.94 bits per heavy atom. The van der Waals surface area contributed by atoms with E-state index in [-0.39, 0.29) is 5.91 Å². The van der Waals surface area contributed by atoms with Gasteiger partial charge in [-0.05, 0) is 50.5 Å². The Morgan fingerprint density at radius 3 is 2.59 bits per heavy atom. The molecule has 0 saturated carbocycles. The number of nitrogens with zero attached hydrogens (tertiary/aromatic N) is 4. The summed E-state index contributed by atoms with van der Waals surface area (Å²) >= 11 is 0. The van der Waals surface area contributed by atoms with Crippen LogP contribution >= 0.6 is 0 Å². The third kappa shape index (κ3) is 5.32. The van der Waals surface area contributed by atoms with Crippen LogP contribution in [0.25, 0.3) is 11.2 Å². The average molecular weight is 434 g/mol. The molecule has 3 heterocycles. The van der Waals surface area contributed by atoms with Crippen molar-refractivity contribution in [2.24, 2.45) is 5.73 Å². The number of allylic oxidation sites excluding steroid dienone is 4. The summed E-state index contributed by atoms with van der Waals surface area (Å²) in [5.41, 5.74) is 9.96. The zero-order valence-electron chi connectivity index (χ0n) is 18.8. The third-order valence-corrected chi connectivity index (χ3v) is 5.54. The van der Waals surface area contributed by atoms with Crippen LogP contribution in [0.5, 0.6) is 0 Å². The third-order valence-electron chi connectivity index (χ3n) is 5.54. The fourth-order valence-corrected chi connectivity index (χ4v) is 3.80. The Balaban J connectivity index is 1.47. The fraction of sp³-hybridized carbons (Fsp3) is 0.333. The number of imidazole rings is 1. The Hall–Kier alpha value is -3.68. The summed E-state index contributed by atoms with van der Waals surface area (Å²) in [6.07, 6.45) is 9.99. The maximum Gasteiger partial charge on any atom is 0.246 e. The lowest BCUT2D eigenvalue weighted by Gasteiger charge is -2.34. The van der Waals surface area contributed by atoms with Gasteiger partial charge in [0.2, 0.25) is 5.91 Å². The minimum atomic E-state index is 0.00243. The number of piperazine rings is 1. The SMILES string of the molecule is C=C(N)C(=C/C)/C(=C\C)C(=N)CC/C=C/C(=O)N1CCN(c2ccc3[nH]cnc3n2)CC1. The number of aromatic amines is 1. The Kier molecular flexibility index (Phi) is 7.59. The van der Waals surface area contributed by atoms with Gasteiger partial charge >= 0.3 is 0 Å². The lowest BCUT2D eigenvalue weighted by Crippen LogP contribution is -2.48. The first-order chi connectivity index (χ1) is 15.4. The van der Waals surface area contributed by atoms with Crippen molar-refractivity contribution in [3.05, 3.63) is 66.2 Å². The number of nitrogens with two attached hydrogens (primary N) is 1. The van der Waals surface area contributed by atoms with Crippen molar-refractivity contribution < 1.29 is 4.79 Å². The molecule has 0 atom stereocenters. The number of amides is 1. The lowest BCUT2D eigenvalue weighted by molar-refractivity contribution is -0.126. The highest BCUT2D eigenvalue weighted by atomic mass is 16.2. The first-order valence-corrected chi connectivity index (χ1v) is 10.8. The highest BCUT2D eigenvalue weighted by Gasteiger charge is 2.21. The number of H-pyrrole nitrogens is 1. The van der Waals surface area contributed by atoms with E-state index in [1.165, 1.54) is 0 Å². The van der Waals surface area contributed by atoms with E-state index in [2.05, 4.69) is 26.4 Å². The molecule has 0 unspecified atom stereocenters. The van der Waals surface area contributed by atoms with Gasteiger partial charge in [-0.2, -0.15) is 0 Å². The second-order valence-corrected chi connectivity index (χ2v) is 7.61. The van der Waals surface area contributed by atoms with Gasteiger partial charge in [-0.1, -0.05) is 24.8 Å². The molecule has 2 aromatic rings. The molecule has 32 heavy (non-hydrogen) atoms. The van der Waals surface area contributed by atoms with Gasteiger partial charge in [-0.25, -0.2) is 9.97 Å². The van der Waals surface area contributed by atoms with E-state index in [4.69, 9.17) is 11.1 Å². The molecular formula is C24H31N7O. The van der Waals surface area contributed by atoms with Gasteiger partial charge in [0.1, 0.15) is 5.82 Å². The molecular weight excluding hydrogens is 402 g/mol. The summed E-state index contributed by atoms with van der Waals surface area (Å²) in [6.45, 7) is 10.3. The van der Waals surface area contributed by atoms with Crippen molar-refractivity contribution in [2.75, 3.05) is 31.1 Å². The van der Waals surface area contributed by atoms with Gasteiger partial charge < -0.3 is 25.9 Å². The number of hydrogen-bond donors (Lipinski definition) is 3. The summed E-state index contributed by atoms with van der Waals surface area (Å²) in [7, 11) is 0. The lowest BCUT2D eigenvalue weighted by atomic mass is 9.96. The number of carbonyl (C=O) groups excluding carboxylic acids is 1. The average Bonchev–Trinajstić information content (AvgIpc) is 3.27. The number of pyridine rings is 1. The molecule has 1 fully saturated rings. The van der Waals surface area contributed by atoms with Gasteiger partial charge in [-0.15, -0.1) is 0 Å². The van der Waals surface area contributed by atoms with Crippen LogP contribution in [0.2, 0.25) is 0 Å². The zero-order chi connectivity index (χ0) is 23.1. The molecule has 0 radical (unpaired) electrons. The molecule has 168 valence electrons. The van der Waals surface area contributed by atoms with Crippen LogP contribution in [0, 0.1) is 5.41 Å². The van der Waals surface area contributed by atoms with Crippen molar-refractivity contribution >= 4 is 28.6 Å². The number of hydrogen-bond acceptors (Lipinski definition) is 6. The maximum atomic E-state index is 12.5. The van der Waals surface area contributed by atoms with E-state index < -0.39 is 0 Å². The number of aromatic nitrogens is 3. The van der Waals surface area contributed by atoms with Crippen LogP contribution in [0.15, 0.2) is 66.2 Å². The molecule has 3 rings (SSSR count). The van der Waals surface area contributed by atoms with E-state index >= 15 is 0 Å². The molecule has 0 aliphatic carbocycles. The number of fused-ring (bicyclic) bond motifs is 1. The summed E-state index contributed by atoms with van der Waals surface area (Å²) in [5.74, 6) is 0.883. The quantitative estimate of drug-likeness (QED) is 0.336. The molecule has 0 bridgehead atoms. The first-order valence-electron chi connectivity index (χ1n) is 10.8. The second-order valence-electron chi connectivity index (χ2n) is 7.61. The molecule has 0 aromatic carbocycles. The Morgan fingerprint density at radius 1 is 1.22 bits per heavy atom. The normalized spacial score (nSPS) is 15.6. The van der Waals surface area contributed by atoms with E-state index in [0.29, 0.717) is 43.0 Å². The van der Waals surface area contributed by atoms with Crippen molar-refractivity contribution in [3.63, 3.8) is 0 Å². The van der Waals surface area contributed by atoms with Crippen LogP contribution in [-0.2, 0) is 4.79 Å². The van der Waals surface area contributed by atoms with Crippen LogP contribution in [0.4, 0.5) is 5.82 Å². The highest BCUT2D eigenvalue weighted by Crippen LogP contribution is 2.19. The smallest absolute Gasteiger partial charge is 0.246 e. The van der Waals surface area contributed by atoms with Crippen molar-refractivity contribution in [1.29, 1.82) is 5.41 Å². The predicted molar refractivity (Wildman–Crippen MR) is 130 cm³/mol. The minimum absolute atomic E-state index is 0.00243. The van der Waals surface area contributed by atoms with Crippen LogP contribution < -0.4 is 10.6 Å². The number of anilines is 1. The molecule has 0 spiro atoms. The van der Waals surface area contributed by atoms with Gasteiger partial charge in [0, 0.05) is 43.2 Å². The van der Waals surface area contributed by atoms with Gasteiger partial charge in [0.25, 0.3) is 0 Å². The molecule has 8 nitrogen and oxygen atoms in total. The molecule has 1 amide bonds. The first kappa shape index (κ1) is 23.0. The molecule has 2 aromatic heterocycles. The fourth-order valence-electron chi connectivity index (χ4n) is 3.80. The van der Waals surface area contributed by atoms with E-state index in [0.717, 1.165) is 35.6 Å². The molecule has 1 aliphatic heterocycles. The number of nitrogens with one attached hydrogen (secondary N) is 2. The van der Waals surface area contributed by atoms with E-state index in [1.807, 2.05) is 49.1 Å². The second kappa shape index (κ2) is 10.6. The summed E-state index contributed by atoms with van der Waals surface area (Å²) in [6, 6.07) is 3.95. The van der Waals surface area contributed by atoms with Crippen LogP contribution in [0.3, 0.4) is 0 Å². The molecule has 4 N–H and O–H groups in total. The Labute approximate surface area is 188 Å². The zero-order valence-corrected chi connectivity index (χ0v) is 18.8. The summed E-state index contributed by atoms with van der Waals surface area (Å²) in [5, 5.41) is 8.35. The largest absolute Gasteiger partial charge is 0.399 e. The van der Waals surface area contributed by atoms with Crippen LogP contribution in [0.1, 0.15) is 26.7 Å². The van der Waals surface area contributed by atoms with Crippen molar-refractivity contribution in [2.45, 2.75) is 26.7 Å². The maximum absolute atomic E-state index is 12.5. The minimum Gasteiger partial charge on any atom is -0.399 e. The van der Waals surface area contributed by atoms with Crippen molar-refractivity contribution in [3.8, 4) is 0 Å². The monoisotopic (exact) mass is 433 g/mol. The Bertz CT molecular complexity index is 1080. The van der Waals surface area contributed by atoms with E-state index in [9.17, 15) is 4.79 Å². The van der Waals surface area contributed by atoms with E-state index in [1.54, 1.807) is 12.4 Å². The number of rotatable bonds is 8. The predicted octanol–water partition coefficient (Wildman–Crippen LogP) is 3.33. The summed E-state index contributed by atoms with van der Waals surface area (Å²) < 4.78 is 0. The summed E-state index contributed by atoms with van der Waals surface area (Å²) in [4.78, 5) is 28.4. The van der Waals surface area contributed by atoms with Gasteiger partial charge in [0.05, 0.1) is 11.8 Å². The standard InChI is InChI=1S/C24H31N7O/c1-4-18(17(3)25)19(5-2)20(26)8-6-7-9-23(32)31-14-12-30(13-15-31)22-11-10-21-24(29-22)28-16-27-21/h4-5,7,9-11,16,26H,3,6,8,12-15,25H2,1-2H3,(H,27,28,29)/b9-7+,18-4-,19-5+,26-20?. The molecule has 1 aliphatic rings.